The topological polar surface area (TPSA) is 42.0 Å². The first-order valence-corrected chi connectivity index (χ1v) is 8.07. The summed E-state index contributed by atoms with van der Waals surface area (Å²) in [6.07, 6.45) is 3.04. The molecule has 0 aliphatic heterocycles. The monoisotopic (exact) mass is 302 g/mol. The van der Waals surface area contributed by atoms with Gasteiger partial charge in [0.1, 0.15) is 5.01 Å². The zero-order valence-electron chi connectivity index (χ0n) is 12.8. The lowest BCUT2D eigenvalue weighted by Crippen LogP contribution is -2.22. The molecule has 0 aliphatic rings. The second-order valence-electron chi connectivity index (χ2n) is 6.15. The molecule has 1 heterocycles. The van der Waals surface area contributed by atoms with Crippen LogP contribution in [0.1, 0.15) is 43.3 Å². The molecule has 0 unspecified atom stereocenters. The Morgan fingerprint density at radius 1 is 1.24 bits per heavy atom. The fraction of sp³-hybridized carbons (Fsp3) is 0.412. The standard InChI is InChI=1S/C17H22N2OS/c1-17(2,3)14-7-4-13(5-8-14)6-9-15(20)19-12-16-18-10-11-21-16/h4-5,7-8,10-11H,6,9,12H2,1-3H3,(H,19,20). The Balaban J connectivity index is 1.78. The Morgan fingerprint density at radius 2 is 1.95 bits per heavy atom. The van der Waals surface area contributed by atoms with Gasteiger partial charge in [0.25, 0.3) is 0 Å². The third-order valence-corrected chi connectivity index (χ3v) is 4.16. The second-order valence-corrected chi connectivity index (χ2v) is 7.13. The summed E-state index contributed by atoms with van der Waals surface area (Å²) in [6.45, 7) is 7.13. The van der Waals surface area contributed by atoms with Crippen LogP contribution in [0.5, 0.6) is 0 Å². The first kappa shape index (κ1) is 15.7. The number of amides is 1. The number of aryl methyl sites for hydroxylation is 1. The lowest BCUT2D eigenvalue weighted by atomic mass is 9.86. The molecular weight excluding hydrogens is 280 g/mol. The second kappa shape index (κ2) is 6.85. The summed E-state index contributed by atoms with van der Waals surface area (Å²) in [6, 6.07) is 8.55. The molecule has 1 aromatic carbocycles. The van der Waals surface area contributed by atoms with Crippen LogP contribution in [0.2, 0.25) is 0 Å². The van der Waals surface area contributed by atoms with E-state index in [1.54, 1.807) is 17.5 Å². The van der Waals surface area contributed by atoms with Crippen molar-refractivity contribution < 1.29 is 4.79 Å². The highest BCUT2D eigenvalue weighted by Gasteiger charge is 2.12. The van der Waals surface area contributed by atoms with E-state index >= 15 is 0 Å². The van der Waals surface area contributed by atoms with E-state index in [9.17, 15) is 4.79 Å². The Morgan fingerprint density at radius 3 is 2.52 bits per heavy atom. The minimum Gasteiger partial charge on any atom is -0.350 e. The maximum Gasteiger partial charge on any atom is 0.220 e. The molecule has 1 amide bonds. The number of nitrogens with one attached hydrogen (secondary N) is 1. The van der Waals surface area contributed by atoms with Gasteiger partial charge in [0.15, 0.2) is 0 Å². The molecule has 112 valence electrons. The molecule has 0 fully saturated rings. The molecule has 1 N–H and O–H groups in total. The molecule has 2 rings (SSSR count). The van der Waals surface area contributed by atoms with Crippen LogP contribution in [0.25, 0.3) is 0 Å². The van der Waals surface area contributed by atoms with E-state index < -0.39 is 0 Å². The van der Waals surface area contributed by atoms with Crippen molar-refractivity contribution in [1.29, 1.82) is 0 Å². The Hall–Kier alpha value is -1.68. The molecule has 0 saturated carbocycles. The van der Waals surface area contributed by atoms with E-state index in [4.69, 9.17) is 0 Å². The fourth-order valence-electron chi connectivity index (χ4n) is 2.03. The van der Waals surface area contributed by atoms with Crippen LogP contribution >= 0.6 is 11.3 Å². The number of hydrogen-bond donors (Lipinski definition) is 1. The zero-order chi connectivity index (χ0) is 15.3. The highest BCUT2D eigenvalue weighted by molar-refractivity contribution is 7.09. The maximum absolute atomic E-state index is 11.8. The molecule has 21 heavy (non-hydrogen) atoms. The lowest BCUT2D eigenvalue weighted by molar-refractivity contribution is -0.121. The predicted octanol–water partition coefficient (Wildman–Crippen LogP) is 3.69. The molecule has 0 atom stereocenters. The van der Waals surface area contributed by atoms with Gasteiger partial charge in [0.2, 0.25) is 5.91 Å². The smallest absolute Gasteiger partial charge is 0.220 e. The van der Waals surface area contributed by atoms with Gasteiger partial charge in [-0.3, -0.25) is 4.79 Å². The summed E-state index contributed by atoms with van der Waals surface area (Å²) in [5.41, 5.74) is 2.69. The maximum atomic E-state index is 11.8. The van der Waals surface area contributed by atoms with Crippen LogP contribution < -0.4 is 5.32 Å². The quantitative estimate of drug-likeness (QED) is 0.915. The predicted molar refractivity (Wildman–Crippen MR) is 87.4 cm³/mol. The van der Waals surface area contributed by atoms with Gasteiger partial charge in [-0.15, -0.1) is 11.3 Å². The summed E-state index contributed by atoms with van der Waals surface area (Å²) < 4.78 is 0. The van der Waals surface area contributed by atoms with Gasteiger partial charge < -0.3 is 5.32 Å². The van der Waals surface area contributed by atoms with Crippen molar-refractivity contribution in [2.75, 3.05) is 0 Å². The van der Waals surface area contributed by atoms with Crippen molar-refractivity contribution in [3.05, 3.63) is 52.0 Å². The first-order valence-electron chi connectivity index (χ1n) is 7.19. The summed E-state index contributed by atoms with van der Waals surface area (Å²) in [5, 5.41) is 5.76. The van der Waals surface area contributed by atoms with Crippen LogP contribution in [0.15, 0.2) is 35.8 Å². The van der Waals surface area contributed by atoms with Crippen molar-refractivity contribution in [3.63, 3.8) is 0 Å². The molecular formula is C17H22N2OS. The molecule has 0 saturated heterocycles. The number of carbonyl (C=O) groups is 1. The zero-order valence-corrected chi connectivity index (χ0v) is 13.7. The summed E-state index contributed by atoms with van der Waals surface area (Å²) in [4.78, 5) is 15.9. The number of benzene rings is 1. The summed E-state index contributed by atoms with van der Waals surface area (Å²) in [5.74, 6) is 0.0742. The van der Waals surface area contributed by atoms with Crippen molar-refractivity contribution in [3.8, 4) is 0 Å². The minimum atomic E-state index is 0.0742. The van der Waals surface area contributed by atoms with Crippen LogP contribution in [0, 0.1) is 0 Å². The molecule has 4 heteroatoms. The molecule has 0 spiro atoms. The van der Waals surface area contributed by atoms with Gasteiger partial charge in [-0.2, -0.15) is 0 Å². The average molecular weight is 302 g/mol. The number of thiazole rings is 1. The van der Waals surface area contributed by atoms with Gasteiger partial charge in [0, 0.05) is 18.0 Å². The number of rotatable bonds is 5. The van der Waals surface area contributed by atoms with Crippen molar-refractivity contribution in [1.82, 2.24) is 10.3 Å². The van der Waals surface area contributed by atoms with E-state index in [-0.39, 0.29) is 11.3 Å². The molecule has 0 bridgehead atoms. The normalized spacial score (nSPS) is 11.4. The lowest BCUT2D eigenvalue weighted by Gasteiger charge is -2.19. The van der Waals surface area contributed by atoms with Crippen molar-refractivity contribution in [2.45, 2.75) is 45.6 Å². The van der Waals surface area contributed by atoms with Gasteiger partial charge in [-0.25, -0.2) is 4.98 Å². The van der Waals surface area contributed by atoms with Crippen LogP contribution in [-0.2, 0) is 23.2 Å². The third-order valence-electron chi connectivity index (χ3n) is 3.38. The summed E-state index contributed by atoms with van der Waals surface area (Å²) in [7, 11) is 0. The van der Waals surface area contributed by atoms with Crippen molar-refractivity contribution >= 4 is 17.2 Å². The number of aromatic nitrogens is 1. The molecule has 0 aliphatic carbocycles. The minimum absolute atomic E-state index is 0.0742. The van der Waals surface area contributed by atoms with Gasteiger partial charge in [-0.1, -0.05) is 45.0 Å². The Labute approximate surface area is 130 Å². The van der Waals surface area contributed by atoms with E-state index in [0.29, 0.717) is 13.0 Å². The largest absolute Gasteiger partial charge is 0.350 e. The SMILES string of the molecule is CC(C)(C)c1ccc(CCC(=O)NCc2nccs2)cc1. The van der Waals surface area contributed by atoms with Gasteiger partial charge >= 0.3 is 0 Å². The fourth-order valence-corrected chi connectivity index (χ4v) is 2.59. The van der Waals surface area contributed by atoms with E-state index in [1.807, 2.05) is 5.38 Å². The molecule has 3 nitrogen and oxygen atoms in total. The third kappa shape index (κ3) is 4.97. The number of nitrogens with zero attached hydrogens (tertiary/aromatic N) is 1. The van der Waals surface area contributed by atoms with Crippen molar-refractivity contribution in [2.24, 2.45) is 0 Å². The average Bonchev–Trinajstić information content (AvgIpc) is 2.95. The Bertz CT molecular complexity index is 568. The van der Waals surface area contributed by atoms with E-state index in [0.717, 1.165) is 11.4 Å². The number of hydrogen-bond acceptors (Lipinski definition) is 3. The molecule has 2 aromatic rings. The highest BCUT2D eigenvalue weighted by Crippen LogP contribution is 2.22. The van der Waals surface area contributed by atoms with Gasteiger partial charge in [-0.05, 0) is 23.0 Å². The highest BCUT2D eigenvalue weighted by atomic mass is 32.1. The molecule has 0 radical (unpaired) electrons. The first-order chi connectivity index (χ1) is 9.95. The number of carbonyl (C=O) groups excluding carboxylic acids is 1. The van der Waals surface area contributed by atoms with E-state index in [2.05, 4.69) is 55.3 Å². The van der Waals surface area contributed by atoms with Gasteiger partial charge in [0.05, 0.1) is 6.54 Å². The molecule has 1 aromatic heterocycles. The van der Waals surface area contributed by atoms with Crippen LogP contribution in [-0.4, -0.2) is 10.9 Å². The Kier molecular flexibility index (Phi) is 5.12. The van der Waals surface area contributed by atoms with E-state index in [1.165, 1.54) is 11.1 Å². The van der Waals surface area contributed by atoms with Crippen LogP contribution in [0.4, 0.5) is 0 Å². The van der Waals surface area contributed by atoms with Crippen LogP contribution in [0.3, 0.4) is 0 Å². The summed E-state index contributed by atoms with van der Waals surface area (Å²) >= 11 is 1.56.